The zero-order valence-corrected chi connectivity index (χ0v) is 13.9. The van der Waals surface area contributed by atoms with Crippen molar-refractivity contribution >= 4 is 46.2 Å². The summed E-state index contributed by atoms with van der Waals surface area (Å²) in [6.07, 6.45) is -4.45. The van der Waals surface area contributed by atoms with Crippen LogP contribution >= 0.6 is 35.4 Å². The van der Waals surface area contributed by atoms with Gasteiger partial charge in [-0.3, -0.25) is 0 Å². The normalized spacial score (nSPS) is 11.2. The van der Waals surface area contributed by atoms with Gasteiger partial charge in [-0.05, 0) is 48.1 Å². The van der Waals surface area contributed by atoms with Gasteiger partial charge in [0.25, 0.3) is 0 Å². The van der Waals surface area contributed by atoms with Crippen molar-refractivity contribution in [3.8, 4) is 0 Å². The van der Waals surface area contributed by atoms with Gasteiger partial charge in [0.2, 0.25) is 0 Å². The molecule has 0 aliphatic rings. The molecule has 0 unspecified atom stereocenters. The Balaban J connectivity index is 2.01. The molecule has 0 aliphatic heterocycles. The third-order valence-corrected chi connectivity index (χ3v) is 3.74. The fraction of sp³-hybridized carbons (Fsp3) is 0.133. The molecular weight excluding hydrogens is 368 g/mol. The molecule has 2 rings (SSSR count). The summed E-state index contributed by atoms with van der Waals surface area (Å²) in [5.41, 5.74) is 0.216. The van der Waals surface area contributed by atoms with E-state index in [0.717, 1.165) is 17.7 Å². The van der Waals surface area contributed by atoms with Crippen LogP contribution in [0, 0.1) is 0 Å². The average Bonchev–Trinajstić information content (AvgIpc) is 2.48. The van der Waals surface area contributed by atoms with Crippen LogP contribution in [0.2, 0.25) is 10.0 Å². The zero-order chi connectivity index (χ0) is 17.0. The van der Waals surface area contributed by atoms with Crippen LogP contribution in [0.5, 0.6) is 0 Å². The van der Waals surface area contributed by atoms with Gasteiger partial charge in [-0.2, -0.15) is 13.2 Å². The highest BCUT2D eigenvalue weighted by atomic mass is 35.5. The lowest BCUT2D eigenvalue weighted by Gasteiger charge is -2.14. The second kappa shape index (κ2) is 7.38. The smallest absolute Gasteiger partial charge is 0.358 e. The van der Waals surface area contributed by atoms with E-state index in [1.165, 1.54) is 6.07 Å². The first kappa shape index (κ1) is 17.8. The number of hydrogen-bond acceptors (Lipinski definition) is 1. The minimum Gasteiger partial charge on any atom is -0.358 e. The Bertz CT molecular complexity index is 703. The number of alkyl halides is 3. The van der Waals surface area contributed by atoms with E-state index in [9.17, 15) is 13.2 Å². The van der Waals surface area contributed by atoms with Crippen molar-refractivity contribution < 1.29 is 13.2 Å². The van der Waals surface area contributed by atoms with Gasteiger partial charge in [0.15, 0.2) is 5.11 Å². The topological polar surface area (TPSA) is 24.1 Å². The second-order valence-corrected chi connectivity index (χ2v) is 5.88. The monoisotopic (exact) mass is 378 g/mol. The maximum atomic E-state index is 12.7. The van der Waals surface area contributed by atoms with E-state index in [0.29, 0.717) is 11.6 Å². The molecule has 0 saturated heterocycles. The molecule has 122 valence electrons. The van der Waals surface area contributed by atoms with Crippen molar-refractivity contribution in [3.05, 3.63) is 63.6 Å². The zero-order valence-electron chi connectivity index (χ0n) is 11.5. The fourth-order valence-corrected chi connectivity index (χ4v) is 2.22. The molecule has 0 amide bonds. The fourth-order valence-electron chi connectivity index (χ4n) is 1.75. The summed E-state index contributed by atoms with van der Waals surface area (Å²) in [6.45, 7) is 0.402. The predicted molar refractivity (Wildman–Crippen MR) is 91.0 cm³/mol. The van der Waals surface area contributed by atoms with Crippen LogP contribution in [0.4, 0.5) is 18.9 Å². The van der Waals surface area contributed by atoms with E-state index in [-0.39, 0.29) is 15.8 Å². The maximum Gasteiger partial charge on any atom is 0.416 e. The largest absolute Gasteiger partial charge is 0.416 e. The van der Waals surface area contributed by atoms with Gasteiger partial charge in [0.1, 0.15) is 0 Å². The van der Waals surface area contributed by atoms with Gasteiger partial charge in [0, 0.05) is 11.6 Å². The molecule has 2 N–H and O–H groups in total. The summed E-state index contributed by atoms with van der Waals surface area (Å²) >= 11 is 16.7. The van der Waals surface area contributed by atoms with Crippen LogP contribution in [0.15, 0.2) is 42.5 Å². The first-order valence-corrected chi connectivity index (χ1v) is 7.58. The third kappa shape index (κ3) is 5.27. The number of rotatable bonds is 3. The summed E-state index contributed by atoms with van der Waals surface area (Å²) < 4.78 is 38.1. The van der Waals surface area contributed by atoms with Crippen LogP contribution in [-0.4, -0.2) is 5.11 Å². The molecule has 0 radical (unpaired) electrons. The molecule has 23 heavy (non-hydrogen) atoms. The Morgan fingerprint density at radius 2 is 1.70 bits per heavy atom. The Hall–Kier alpha value is -1.50. The summed E-state index contributed by atoms with van der Waals surface area (Å²) in [5, 5.41) is 6.49. The molecule has 2 aromatic rings. The Kier molecular flexibility index (Phi) is 5.73. The first-order chi connectivity index (χ1) is 10.8. The van der Waals surface area contributed by atoms with E-state index in [2.05, 4.69) is 10.6 Å². The molecule has 0 spiro atoms. The minimum absolute atomic E-state index is 0.0927. The Labute approximate surface area is 146 Å². The lowest BCUT2D eigenvalue weighted by Crippen LogP contribution is -2.28. The summed E-state index contributed by atoms with van der Waals surface area (Å²) in [4.78, 5) is 0. The van der Waals surface area contributed by atoms with Crippen molar-refractivity contribution in [2.24, 2.45) is 0 Å². The highest BCUT2D eigenvalue weighted by Crippen LogP contribution is 2.33. The van der Waals surface area contributed by atoms with Crippen molar-refractivity contribution in [2.75, 3.05) is 5.32 Å². The van der Waals surface area contributed by atoms with Gasteiger partial charge in [-0.15, -0.1) is 0 Å². The first-order valence-electron chi connectivity index (χ1n) is 6.42. The lowest BCUT2D eigenvalue weighted by molar-refractivity contribution is -0.137. The van der Waals surface area contributed by atoms with E-state index < -0.39 is 11.7 Å². The summed E-state index contributed by atoms with van der Waals surface area (Å²) in [6, 6.07) is 10.1. The third-order valence-electron chi connectivity index (χ3n) is 2.91. The quantitative estimate of drug-likeness (QED) is 0.689. The summed E-state index contributed by atoms with van der Waals surface area (Å²) in [5.74, 6) is 0. The number of nitrogens with one attached hydrogen (secondary N) is 2. The number of thiocarbonyl (C=S) groups is 1. The molecule has 0 fully saturated rings. The summed E-state index contributed by atoms with van der Waals surface area (Å²) in [7, 11) is 0. The number of hydrogen-bond donors (Lipinski definition) is 2. The molecular formula is C15H11Cl2F3N2S. The van der Waals surface area contributed by atoms with Gasteiger partial charge < -0.3 is 10.6 Å². The molecule has 0 bridgehead atoms. The lowest BCUT2D eigenvalue weighted by atomic mass is 10.2. The second-order valence-electron chi connectivity index (χ2n) is 4.63. The van der Waals surface area contributed by atoms with Gasteiger partial charge in [-0.1, -0.05) is 35.3 Å². The number of halogens is 5. The molecule has 0 heterocycles. The molecule has 0 saturated carbocycles. The SMILES string of the molecule is FC(F)(F)c1ccc(Cl)c(NC(=S)NCc2ccc(Cl)cc2)c1. The standard InChI is InChI=1S/C15H11Cl2F3N2S/c16-11-4-1-9(2-5-11)8-21-14(23)22-13-7-10(15(18,19)20)3-6-12(13)17/h1-7H,8H2,(H2,21,22,23). The van der Waals surface area contributed by atoms with Crippen molar-refractivity contribution in [1.29, 1.82) is 0 Å². The van der Waals surface area contributed by atoms with Crippen molar-refractivity contribution in [3.63, 3.8) is 0 Å². The average molecular weight is 379 g/mol. The van der Waals surface area contributed by atoms with Crippen LogP contribution in [0.25, 0.3) is 0 Å². The Morgan fingerprint density at radius 1 is 1.04 bits per heavy atom. The van der Waals surface area contributed by atoms with Crippen LogP contribution in [0.3, 0.4) is 0 Å². The molecule has 2 nitrogen and oxygen atoms in total. The van der Waals surface area contributed by atoms with Crippen LogP contribution in [-0.2, 0) is 12.7 Å². The predicted octanol–water partition coefficient (Wildman–Crippen LogP) is 5.50. The van der Waals surface area contributed by atoms with Crippen molar-refractivity contribution in [1.82, 2.24) is 5.32 Å². The van der Waals surface area contributed by atoms with Crippen LogP contribution < -0.4 is 10.6 Å². The van der Waals surface area contributed by atoms with E-state index in [1.807, 2.05) is 12.1 Å². The highest BCUT2D eigenvalue weighted by molar-refractivity contribution is 7.80. The molecule has 2 aromatic carbocycles. The molecule has 0 aliphatic carbocycles. The molecule has 8 heteroatoms. The van der Waals surface area contributed by atoms with Gasteiger partial charge >= 0.3 is 6.18 Å². The van der Waals surface area contributed by atoms with Gasteiger partial charge in [0.05, 0.1) is 16.3 Å². The van der Waals surface area contributed by atoms with E-state index in [1.54, 1.807) is 12.1 Å². The molecule has 0 aromatic heterocycles. The van der Waals surface area contributed by atoms with E-state index in [4.69, 9.17) is 35.4 Å². The number of benzene rings is 2. The van der Waals surface area contributed by atoms with Crippen molar-refractivity contribution in [2.45, 2.75) is 12.7 Å². The van der Waals surface area contributed by atoms with Crippen LogP contribution in [0.1, 0.15) is 11.1 Å². The maximum absolute atomic E-state index is 12.7. The Morgan fingerprint density at radius 3 is 2.30 bits per heavy atom. The van der Waals surface area contributed by atoms with E-state index >= 15 is 0 Å². The van der Waals surface area contributed by atoms with Gasteiger partial charge in [-0.25, -0.2) is 0 Å². The highest BCUT2D eigenvalue weighted by Gasteiger charge is 2.31. The minimum atomic E-state index is -4.45. The molecule has 0 atom stereocenters. The number of anilines is 1.